The number of anilines is 1. The van der Waals surface area contributed by atoms with Crippen molar-refractivity contribution in [2.45, 2.75) is 80.3 Å². The van der Waals surface area contributed by atoms with E-state index in [2.05, 4.69) is 18.0 Å². The normalized spacial score (nSPS) is 46.4. The number of rotatable bonds is 2. The molecule has 2 aromatic rings. The van der Waals surface area contributed by atoms with Crippen LogP contribution >= 0.6 is 0 Å². The first-order chi connectivity index (χ1) is 17.5. The fourth-order valence-electron chi connectivity index (χ4n) is 8.64. The number of nitrogen functional groups attached to an aromatic ring is 1. The monoisotopic (exact) mass is 511 g/mol. The number of ether oxygens (including phenoxy) is 1. The molecule has 7 rings (SSSR count). The summed E-state index contributed by atoms with van der Waals surface area (Å²) >= 11 is 0. The average Bonchev–Trinajstić information content (AvgIpc) is 3.51. The van der Waals surface area contributed by atoms with E-state index < -0.39 is 41.2 Å². The van der Waals surface area contributed by atoms with Crippen molar-refractivity contribution in [1.29, 1.82) is 0 Å². The van der Waals surface area contributed by atoms with Crippen LogP contribution < -0.4 is 5.73 Å². The summed E-state index contributed by atoms with van der Waals surface area (Å²) in [6.07, 6.45) is 2.01. The van der Waals surface area contributed by atoms with E-state index in [1.807, 2.05) is 38.4 Å². The zero-order chi connectivity index (χ0) is 26.1. The third kappa shape index (κ3) is 2.67. The molecule has 2 saturated heterocycles. The van der Waals surface area contributed by atoms with Crippen LogP contribution in [0.2, 0.25) is 0 Å². The summed E-state index contributed by atoms with van der Waals surface area (Å²) in [4.78, 5) is 6.10. The molecule has 3 fully saturated rings. The first-order valence-electron chi connectivity index (χ1n) is 13.1. The van der Waals surface area contributed by atoms with Crippen molar-refractivity contribution in [3.63, 3.8) is 0 Å². The third-order valence-electron chi connectivity index (χ3n) is 10.5. The second kappa shape index (κ2) is 7.21. The number of aliphatic hydroxyl groups excluding tert-OH is 3. The van der Waals surface area contributed by atoms with Crippen LogP contribution in [-0.2, 0) is 4.74 Å². The smallest absolute Gasteiger partial charge is 0.292 e. The molecule has 5 N–H and O–H groups in total. The van der Waals surface area contributed by atoms with E-state index in [9.17, 15) is 15.3 Å². The minimum Gasteiger partial charge on any atom is -0.424 e. The lowest BCUT2D eigenvalue weighted by molar-refractivity contribution is -0.308. The fraction of sp³-hybridized carbons (Fsp3) is 0.607. The molecule has 5 aliphatic rings. The Bertz CT molecular complexity index is 1370. The molecule has 0 radical (unpaired) electrons. The number of allylic oxidation sites excluding steroid dienone is 3. The number of oxazole rings is 1. The summed E-state index contributed by atoms with van der Waals surface area (Å²) in [6, 6.07) is 5.54. The van der Waals surface area contributed by atoms with Crippen LogP contribution in [0.5, 0.6) is 0 Å². The molecule has 3 heterocycles. The summed E-state index contributed by atoms with van der Waals surface area (Å²) in [5.74, 6) is -0.00607. The summed E-state index contributed by atoms with van der Waals surface area (Å²) < 4.78 is 29.4. The molecular formula is C28H34FN3O5. The lowest BCUT2D eigenvalue weighted by Gasteiger charge is -2.62. The van der Waals surface area contributed by atoms with Gasteiger partial charge in [0.25, 0.3) is 6.01 Å². The number of nitrogens with two attached hydrogens (primary N) is 1. The predicted octanol–water partition coefficient (Wildman–Crippen LogP) is 2.58. The Hall–Kier alpha value is -2.30. The predicted molar refractivity (Wildman–Crippen MR) is 135 cm³/mol. The van der Waals surface area contributed by atoms with Gasteiger partial charge < -0.3 is 35.1 Å². The van der Waals surface area contributed by atoms with E-state index in [1.54, 1.807) is 4.90 Å². The van der Waals surface area contributed by atoms with Gasteiger partial charge in [0.05, 0.1) is 11.7 Å². The molecule has 1 saturated carbocycles. The first kappa shape index (κ1) is 23.8. The van der Waals surface area contributed by atoms with Crippen molar-refractivity contribution >= 4 is 22.7 Å². The molecule has 3 aliphatic carbocycles. The number of likely N-dealkylation sites (N-methyl/N-ethyl adjacent to an activating group) is 1. The van der Waals surface area contributed by atoms with Crippen LogP contribution in [-0.4, -0.2) is 80.5 Å². The van der Waals surface area contributed by atoms with Crippen LogP contribution in [0.1, 0.15) is 44.6 Å². The van der Waals surface area contributed by atoms with Crippen molar-refractivity contribution in [1.82, 2.24) is 9.88 Å². The number of hydrogen-bond acceptors (Lipinski definition) is 8. The van der Waals surface area contributed by atoms with E-state index in [4.69, 9.17) is 14.9 Å². The van der Waals surface area contributed by atoms with Crippen LogP contribution in [0.25, 0.3) is 16.7 Å². The van der Waals surface area contributed by atoms with Gasteiger partial charge in [-0.25, -0.2) is 4.39 Å². The van der Waals surface area contributed by atoms with Crippen LogP contribution in [0.15, 0.2) is 40.3 Å². The van der Waals surface area contributed by atoms with Crippen molar-refractivity contribution < 1.29 is 28.9 Å². The quantitative estimate of drug-likeness (QED) is 0.454. The standard InChI is InChI=1S/C28H34FN3O5/c1-25-9-8-16-22(34)28(29)23(35)21(33)18(32(2)3)13-26(28)10-11-27(16,37-26)20(25)7-5-15(25)14-4-6-19-17(12-14)31-24(30)36-19/h4-6,8,12,18,20-23,33-35H,7,9-11,13H2,1-3H3,(H2,30,31)/t18-,20?,21+,22?,23-,25+,26+,27+,28?/m0/s1. The topological polar surface area (TPSA) is 125 Å². The molecule has 198 valence electrons. The Morgan fingerprint density at radius 2 is 1.95 bits per heavy atom. The summed E-state index contributed by atoms with van der Waals surface area (Å²) in [7, 11) is 3.61. The minimum atomic E-state index is -2.48. The number of alkyl halides is 1. The van der Waals surface area contributed by atoms with E-state index in [1.165, 1.54) is 5.57 Å². The molecular weight excluding hydrogens is 477 g/mol. The number of aliphatic hydroxyl groups is 3. The fourth-order valence-corrected chi connectivity index (χ4v) is 8.64. The van der Waals surface area contributed by atoms with Crippen LogP contribution in [0.4, 0.5) is 10.4 Å². The summed E-state index contributed by atoms with van der Waals surface area (Å²) in [5.41, 5.74) is 4.82. The van der Waals surface area contributed by atoms with Crippen molar-refractivity contribution in [3.05, 3.63) is 41.5 Å². The van der Waals surface area contributed by atoms with Crippen LogP contribution in [0.3, 0.4) is 0 Å². The Labute approximate surface area is 214 Å². The van der Waals surface area contributed by atoms with Gasteiger partial charge in [0.2, 0.25) is 0 Å². The highest BCUT2D eigenvalue weighted by Crippen LogP contribution is 2.70. The molecule has 8 nitrogen and oxygen atoms in total. The summed E-state index contributed by atoms with van der Waals surface area (Å²) in [6.45, 7) is 2.22. The highest BCUT2D eigenvalue weighted by atomic mass is 19.1. The second-order valence-electron chi connectivity index (χ2n) is 12.2. The van der Waals surface area contributed by atoms with Gasteiger partial charge in [0.15, 0.2) is 11.3 Å². The number of nitrogens with zero attached hydrogens (tertiary/aromatic N) is 2. The minimum absolute atomic E-state index is 0.00607. The SMILES string of the molecule is CN(C)[C@H]1C[C@@]23CC[C@@]4(O2)C(=CC[C@]2(C)C(c5ccc6oc(N)nc6c5)=CCC24)C(O)C3(F)[C@@H](O)[C@@H]1O. The van der Waals surface area contributed by atoms with E-state index >= 15 is 4.39 Å². The number of benzene rings is 1. The highest BCUT2D eigenvalue weighted by Gasteiger charge is 2.79. The second-order valence-corrected chi connectivity index (χ2v) is 12.2. The Balaban J connectivity index is 1.32. The maximum Gasteiger partial charge on any atom is 0.292 e. The van der Waals surface area contributed by atoms with E-state index in [-0.39, 0.29) is 23.8 Å². The lowest BCUT2D eigenvalue weighted by atomic mass is 9.55. The molecule has 2 bridgehead atoms. The Kier molecular flexibility index (Phi) is 4.64. The summed E-state index contributed by atoms with van der Waals surface area (Å²) in [5, 5.41) is 33.5. The largest absolute Gasteiger partial charge is 0.424 e. The van der Waals surface area contributed by atoms with Gasteiger partial charge in [-0.15, -0.1) is 0 Å². The Morgan fingerprint density at radius 1 is 1.16 bits per heavy atom. The van der Waals surface area contributed by atoms with Crippen molar-refractivity contribution in [2.24, 2.45) is 11.3 Å². The van der Waals surface area contributed by atoms with Gasteiger partial charge in [-0.3, -0.25) is 0 Å². The number of halogens is 1. The lowest BCUT2D eigenvalue weighted by Crippen LogP contribution is -2.78. The van der Waals surface area contributed by atoms with Crippen LogP contribution in [0, 0.1) is 11.3 Å². The van der Waals surface area contributed by atoms with Gasteiger partial charge >= 0.3 is 0 Å². The van der Waals surface area contributed by atoms with Crippen molar-refractivity contribution in [2.75, 3.05) is 19.8 Å². The van der Waals surface area contributed by atoms with Gasteiger partial charge in [0.1, 0.15) is 23.3 Å². The molecule has 37 heavy (non-hydrogen) atoms. The molecule has 0 amide bonds. The van der Waals surface area contributed by atoms with Gasteiger partial charge in [-0.05, 0) is 75.0 Å². The van der Waals surface area contributed by atoms with Crippen molar-refractivity contribution in [3.8, 4) is 0 Å². The molecule has 1 aromatic carbocycles. The first-order valence-corrected chi connectivity index (χ1v) is 13.1. The van der Waals surface area contributed by atoms with Gasteiger partial charge in [0, 0.05) is 17.4 Å². The average molecular weight is 512 g/mol. The van der Waals surface area contributed by atoms with Gasteiger partial charge in [-0.1, -0.05) is 25.1 Å². The zero-order valence-corrected chi connectivity index (χ0v) is 21.3. The number of fused-ring (bicyclic) bond motifs is 2. The zero-order valence-electron chi connectivity index (χ0n) is 21.3. The molecule has 9 heteroatoms. The maximum atomic E-state index is 17.0. The van der Waals surface area contributed by atoms with Gasteiger partial charge in [-0.2, -0.15) is 4.98 Å². The van der Waals surface area contributed by atoms with E-state index in [0.29, 0.717) is 35.9 Å². The maximum absolute atomic E-state index is 17.0. The highest BCUT2D eigenvalue weighted by molar-refractivity contribution is 5.83. The molecule has 2 spiro atoms. The number of hydrogen-bond donors (Lipinski definition) is 4. The molecule has 2 aliphatic heterocycles. The molecule has 1 aromatic heterocycles. The Morgan fingerprint density at radius 3 is 2.70 bits per heavy atom. The third-order valence-corrected chi connectivity index (χ3v) is 10.5. The van der Waals surface area contributed by atoms with E-state index in [0.717, 1.165) is 12.0 Å². The number of aromatic nitrogens is 1. The molecule has 9 atom stereocenters. The molecule has 3 unspecified atom stereocenters.